The Morgan fingerprint density at radius 2 is 2.31 bits per heavy atom. The normalized spacial score (nSPS) is 12.2. The fraction of sp³-hybridized carbons (Fsp3) is 0.700. The molecule has 0 rings (SSSR count). The molecule has 0 aromatic carbocycles. The van der Waals surface area contributed by atoms with Gasteiger partial charge in [0.25, 0.3) is 0 Å². The molecule has 0 saturated heterocycles. The molecule has 0 aromatic rings. The molecule has 3 heteroatoms. The van der Waals surface area contributed by atoms with Crippen molar-refractivity contribution >= 4 is 5.97 Å². The number of rotatable bonds is 7. The lowest BCUT2D eigenvalue weighted by Crippen LogP contribution is -2.22. The molecule has 0 unspecified atom stereocenters. The number of esters is 1. The van der Waals surface area contributed by atoms with Gasteiger partial charge in [0.15, 0.2) is 6.10 Å². The van der Waals surface area contributed by atoms with E-state index in [2.05, 4.69) is 13.5 Å². The van der Waals surface area contributed by atoms with Crippen molar-refractivity contribution in [1.82, 2.24) is 0 Å². The number of hydrogen-bond acceptors (Lipinski definition) is 3. The lowest BCUT2D eigenvalue weighted by Gasteiger charge is -2.07. The maximum absolute atomic E-state index is 11.0. The molecular weight excluding hydrogens is 168 g/mol. The lowest BCUT2D eigenvalue weighted by molar-refractivity contribution is -0.153. The quantitative estimate of drug-likeness (QED) is 0.373. The number of aliphatic hydroxyl groups is 1. The van der Waals surface area contributed by atoms with Crippen LogP contribution in [0.3, 0.4) is 0 Å². The largest absolute Gasteiger partial charge is 0.464 e. The van der Waals surface area contributed by atoms with Gasteiger partial charge in [-0.1, -0.05) is 25.8 Å². The second-order valence-corrected chi connectivity index (χ2v) is 2.91. The fourth-order valence-electron chi connectivity index (χ4n) is 0.875. The summed E-state index contributed by atoms with van der Waals surface area (Å²) in [6.45, 7) is 5.91. The molecule has 13 heavy (non-hydrogen) atoms. The number of carbonyl (C=O) groups is 1. The van der Waals surface area contributed by atoms with Crippen LogP contribution in [0, 0.1) is 0 Å². The summed E-state index contributed by atoms with van der Waals surface area (Å²) in [6, 6.07) is 0. The van der Waals surface area contributed by atoms with Crippen LogP contribution in [0.15, 0.2) is 12.7 Å². The summed E-state index contributed by atoms with van der Waals surface area (Å²) in [4.78, 5) is 11.0. The molecule has 0 aliphatic rings. The fourth-order valence-corrected chi connectivity index (χ4v) is 0.875. The number of hydrogen-bond donors (Lipinski definition) is 1. The summed E-state index contributed by atoms with van der Waals surface area (Å²) in [7, 11) is 0. The highest BCUT2D eigenvalue weighted by Crippen LogP contribution is 1.99. The van der Waals surface area contributed by atoms with Crippen molar-refractivity contribution in [3.05, 3.63) is 12.7 Å². The Kier molecular flexibility index (Phi) is 7.30. The second kappa shape index (κ2) is 7.80. The van der Waals surface area contributed by atoms with E-state index in [4.69, 9.17) is 9.84 Å². The molecule has 0 heterocycles. The van der Waals surface area contributed by atoms with Crippen LogP contribution in [0.25, 0.3) is 0 Å². The molecule has 0 amide bonds. The molecule has 0 fully saturated rings. The van der Waals surface area contributed by atoms with E-state index < -0.39 is 12.1 Å². The molecule has 1 atom stereocenters. The minimum absolute atomic E-state index is 0.257. The van der Waals surface area contributed by atoms with E-state index in [9.17, 15) is 4.79 Å². The summed E-state index contributed by atoms with van der Waals surface area (Å²) in [5, 5.41) is 9.13. The zero-order valence-corrected chi connectivity index (χ0v) is 8.16. The summed E-state index contributed by atoms with van der Waals surface area (Å²) >= 11 is 0. The van der Waals surface area contributed by atoms with Crippen LogP contribution in [0.1, 0.15) is 32.6 Å². The van der Waals surface area contributed by atoms with Crippen LogP contribution in [0.4, 0.5) is 0 Å². The minimum Gasteiger partial charge on any atom is -0.464 e. The van der Waals surface area contributed by atoms with E-state index >= 15 is 0 Å². The van der Waals surface area contributed by atoms with Gasteiger partial charge in [0, 0.05) is 6.42 Å². The average Bonchev–Trinajstić information content (AvgIpc) is 2.12. The third-order valence-electron chi connectivity index (χ3n) is 1.65. The van der Waals surface area contributed by atoms with Gasteiger partial charge in [-0.15, -0.1) is 6.58 Å². The van der Waals surface area contributed by atoms with Gasteiger partial charge >= 0.3 is 5.97 Å². The van der Waals surface area contributed by atoms with Crippen LogP contribution >= 0.6 is 0 Å². The number of unbranched alkanes of at least 4 members (excludes halogenated alkanes) is 2. The van der Waals surface area contributed by atoms with Gasteiger partial charge in [0.05, 0.1) is 6.61 Å². The van der Waals surface area contributed by atoms with Crippen LogP contribution in [0.5, 0.6) is 0 Å². The standard InChI is InChI=1S/C10H18O3/c1-3-5-6-8-13-10(12)9(11)7-4-2/h4,9,11H,2-3,5-8H2,1H3/t9-/m0/s1. The van der Waals surface area contributed by atoms with Gasteiger partial charge in [-0.05, 0) is 6.42 Å². The zero-order chi connectivity index (χ0) is 10.1. The molecule has 0 bridgehead atoms. The van der Waals surface area contributed by atoms with Gasteiger partial charge in [-0.25, -0.2) is 4.79 Å². The van der Waals surface area contributed by atoms with E-state index in [0.717, 1.165) is 19.3 Å². The molecule has 0 saturated carbocycles. The lowest BCUT2D eigenvalue weighted by atomic mass is 10.2. The van der Waals surface area contributed by atoms with Gasteiger partial charge in [0.2, 0.25) is 0 Å². The summed E-state index contributed by atoms with van der Waals surface area (Å²) in [5.74, 6) is -0.545. The van der Waals surface area contributed by atoms with Crippen molar-refractivity contribution < 1.29 is 14.6 Å². The predicted octanol–water partition coefficient (Wildman–Crippen LogP) is 1.66. The highest BCUT2D eigenvalue weighted by Gasteiger charge is 2.13. The monoisotopic (exact) mass is 186 g/mol. The maximum Gasteiger partial charge on any atom is 0.335 e. The van der Waals surface area contributed by atoms with Crippen LogP contribution in [-0.2, 0) is 9.53 Å². The van der Waals surface area contributed by atoms with Gasteiger partial charge in [0.1, 0.15) is 0 Å². The average molecular weight is 186 g/mol. The molecule has 0 radical (unpaired) electrons. The highest BCUT2D eigenvalue weighted by molar-refractivity contribution is 5.74. The van der Waals surface area contributed by atoms with Crippen molar-refractivity contribution in [2.45, 2.75) is 38.7 Å². The molecule has 0 aromatic heterocycles. The first-order valence-electron chi connectivity index (χ1n) is 4.68. The van der Waals surface area contributed by atoms with Crippen molar-refractivity contribution in [2.24, 2.45) is 0 Å². The predicted molar refractivity (Wildman–Crippen MR) is 51.3 cm³/mol. The molecule has 0 aliphatic heterocycles. The Morgan fingerprint density at radius 3 is 2.85 bits per heavy atom. The van der Waals surface area contributed by atoms with E-state index in [0.29, 0.717) is 6.61 Å². The first-order valence-corrected chi connectivity index (χ1v) is 4.68. The van der Waals surface area contributed by atoms with Crippen molar-refractivity contribution in [1.29, 1.82) is 0 Å². The Balaban J connectivity index is 3.44. The highest BCUT2D eigenvalue weighted by atomic mass is 16.5. The third kappa shape index (κ3) is 6.34. The van der Waals surface area contributed by atoms with E-state index in [1.165, 1.54) is 6.08 Å². The first-order chi connectivity index (χ1) is 6.22. The van der Waals surface area contributed by atoms with Crippen molar-refractivity contribution in [3.63, 3.8) is 0 Å². The molecule has 76 valence electrons. The molecule has 0 aliphatic carbocycles. The Morgan fingerprint density at radius 1 is 1.62 bits per heavy atom. The molecular formula is C10H18O3. The topological polar surface area (TPSA) is 46.5 Å². The van der Waals surface area contributed by atoms with E-state index in [1.807, 2.05) is 0 Å². The number of ether oxygens (including phenoxy) is 1. The van der Waals surface area contributed by atoms with Crippen LogP contribution in [-0.4, -0.2) is 23.8 Å². The van der Waals surface area contributed by atoms with Gasteiger partial charge in [-0.2, -0.15) is 0 Å². The third-order valence-corrected chi connectivity index (χ3v) is 1.65. The summed E-state index contributed by atoms with van der Waals surface area (Å²) in [5.41, 5.74) is 0. The maximum atomic E-state index is 11.0. The molecule has 3 nitrogen and oxygen atoms in total. The minimum atomic E-state index is -1.04. The Hall–Kier alpha value is -0.830. The number of carbonyl (C=O) groups excluding carboxylic acids is 1. The van der Waals surface area contributed by atoms with Crippen LogP contribution < -0.4 is 0 Å². The Labute approximate surface area is 79.4 Å². The molecule has 1 N–H and O–H groups in total. The summed E-state index contributed by atoms with van der Waals surface area (Å²) < 4.78 is 4.82. The zero-order valence-electron chi connectivity index (χ0n) is 8.16. The van der Waals surface area contributed by atoms with Crippen LogP contribution in [0.2, 0.25) is 0 Å². The smallest absolute Gasteiger partial charge is 0.335 e. The van der Waals surface area contributed by atoms with E-state index in [-0.39, 0.29) is 6.42 Å². The number of aliphatic hydroxyl groups excluding tert-OH is 1. The van der Waals surface area contributed by atoms with Gasteiger partial charge in [-0.3, -0.25) is 0 Å². The van der Waals surface area contributed by atoms with Gasteiger partial charge < -0.3 is 9.84 Å². The Bertz CT molecular complexity index is 154. The van der Waals surface area contributed by atoms with Crippen molar-refractivity contribution in [3.8, 4) is 0 Å². The van der Waals surface area contributed by atoms with E-state index in [1.54, 1.807) is 0 Å². The molecule has 0 spiro atoms. The van der Waals surface area contributed by atoms with Crippen molar-refractivity contribution in [2.75, 3.05) is 6.61 Å². The first kappa shape index (κ1) is 12.2. The summed E-state index contributed by atoms with van der Waals surface area (Å²) in [6.07, 6.45) is 3.71. The second-order valence-electron chi connectivity index (χ2n) is 2.91. The SMILES string of the molecule is C=CC[C@H](O)C(=O)OCCCCC.